The molecule has 1 atom stereocenters. The lowest BCUT2D eigenvalue weighted by Crippen LogP contribution is -2.27. The Kier molecular flexibility index (Phi) is 5.45. The van der Waals surface area contributed by atoms with Gasteiger partial charge in [-0.05, 0) is 26.2 Å². The number of nitrogens with one attached hydrogen (secondary N) is 1. The lowest BCUT2D eigenvalue weighted by atomic mass is 10.1. The molecule has 1 rings (SSSR count). The molecule has 1 nitrogen and oxygen atoms in total. The Balaban J connectivity index is 1.80. The summed E-state index contributed by atoms with van der Waals surface area (Å²) in [5, 5.41) is 3.64. The van der Waals surface area contributed by atoms with Crippen molar-refractivity contribution in [2.75, 3.05) is 0 Å². The molecule has 1 unspecified atom stereocenters. The molecule has 1 aliphatic rings. The van der Waals surface area contributed by atoms with Crippen LogP contribution in [0.3, 0.4) is 0 Å². The molecule has 1 saturated carbocycles. The van der Waals surface area contributed by atoms with E-state index < -0.39 is 0 Å². The van der Waals surface area contributed by atoms with Crippen LogP contribution in [0.2, 0.25) is 0 Å². The van der Waals surface area contributed by atoms with Gasteiger partial charge in [0.05, 0.1) is 0 Å². The Morgan fingerprint density at radius 1 is 1.15 bits per heavy atom. The van der Waals surface area contributed by atoms with Crippen LogP contribution in [0.25, 0.3) is 0 Å². The van der Waals surface area contributed by atoms with E-state index in [-0.39, 0.29) is 0 Å². The standard InChI is InChI=1S/C12H25N/c1-3-4-5-6-7-8-11(2)13-12-9-10-12/h11-13H,3-10H2,1-2H3. The summed E-state index contributed by atoms with van der Waals surface area (Å²) in [5.41, 5.74) is 0. The molecule has 0 amide bonds. The van der Waals surface area contributed by atoms with Crippen LogP contribution in [0.5, 0.6) is 0 Å². The Hall–Kier alpha value is -0.0400. The molecule has 0 radical (unpaired) electrons. The van der Waals surface area contributed by atoms with Crippen LogP contribution in [-0.2, 0) is 0 Å². The maximum Gasteiger partial charge on any atom is 0.00706 e. The smallest absolute Gasteiger partial charge is 0.00706 e. The molecule has 0 spiro atoms. The molecule has 0 saturated heterocycles. The minimum absolute atomic E-state index is 0.758. The van der Waals surface area contributed by atoms with Gasteiger partial charge in [0.2, 0.25) is 0 Å². The summed E-state index contributed by atoms with van der Waals surface area (Å²) >= 11 is 0. The van der Waals surface area contributed by atoms with Gasteiger partial charge in [-0.3, -0.25) is 0 Å². The number of hydrogen-bond donors (Lipinski definition) is 1. The summed E-state index contributed by atoms with van der Waals surface area (Å²) in [6.45, 7) is 4.61. The Labute approximate surface area is 83.3 Å². The first-order chi connectivity index (χ1) is 6.33. The van der Waals surface area contributed by atoms with Crippen molar-refractivity contribution in [1.29, 1.82) is 0 Å². The molecule has 13 heavy (non-hydrogen) atoms. The van der Waals surface area contributed by atoms with E-state index in [1.54, 1.807) is 0 Å². The monoisotopic (exact) mass is 183 g/mol. The topological polar surface area (TPSA) is 12.0 Å². The molecular weight excluding hydrogens is 158 g/mol. The lowest BCUT2D eigenvalue weighted by Gasteiger charge is -2.12. The summed E-state index contributed by atoms with van der Waals surface area (Å²) in [4.78, 5) is 0. The van der Waals surface area contributed by atoms with Crippen LogP contribution in [0, 0.1) is 0 Å². The predicted octanol–water partition coefficient (Wildman–Crippen LogP) is 3.49. The van der Waals surface area contributed by atoms with E-state index in [0.29, 0.717) is 0 Å². The van der Waals surface area contributed by atoms with E-state index in [1.807, 2.05) is 0 Å². The molecule has 1 aliphatic carbocycles. The van der Waals surface area contributed by atoms with Gasteiger partial charge < -0.3 is 5.32 Å². The fourth-order valence-electron chi connectivity index (χ4n) is 1.79. The van der Waals surface area contributed by atoms with E-state index in [0.717, 1.165) is 12.1 Å². The van der Waals surface area contributed by atoms with E-state index in [1.165, 1.54) is 51.4 Å². The molecule has 1 fully saturated rings. The number of unbranched alkanes of at least 4 members (excludes halogenated alkanes) is 4. The highest BCUT2D eigenvalue weighted by molar-refractivity contribution is 4.83. The zero-order valence-corrected chi connectivity index (χ0v) is 9.31. The van der Waals surface area contributed by atoms with Crippen molar-refractivity contribution in [2.24, 2.45) is 0 Å². The van der Waals surface area contributed by atoms with Crippen LogP contribution in [0.4, 0.5) is 0 Å². The van der Waals surface area contributed by atoms with Crippen LogP contribution < -0.4 is 5.32 Å². The van der Waals surface area contributed by atoms with Crippen molar-refractivity contribution in [2.45, 2.75) is 77.3 Å². The van der Waals surface area contributed by atoms with E-state index in [4.69, 9.17) is 0 Å². The largest absolute Gasteiger partial charge is 0.312 e. The van der Waals surface area contributed by atoms with Crippen molar-refractivity contribution in [3.05, 3.63) is 0 Å². The Morgan fingerprint density at radius 3 is 2.46 bits per heavy atom. The molecule has 78 valence electrons. The third kappa shape index (κ3) is 6.09. The minimum atomic E-state index is 0.758. The normalized spacial score (nSPS) is 18.9. The van der Waals surface area contributed by atoms with Gasteiger partial charge in [0.15, 0.2) is 0 Å². The van der Waals surface area contributed by atoms with Crippen LogP contribution in [0.1, 0.15) is 65.2 Å². The van der Waals surface area contributed by atoms with Crippen molar-refractivity contribution < 1.29 is 0 Å². The predicted molar refractivity (Wildman–Crippen MR) is 59.0 cm³/mol. The average molecular weight is 183 g/mol. The molecule has 0 aromatic carbocycles. The zero-order valence-electron chi connectivity index (χ0n) is 9.31. The van der Waals surface area contributed by atoms with Crippen molar-refractivity contribution >= 4 is 0 Å². The molecule has 1 N–H and O–H groups in total. The zero-order chi connectivity index (χ0) is 9.52. The van der Waals surface area contributed by atoms with Gasteiger partial charge in [-0.2, -0.15) is 0 Å². The van der Waals surface area contributed by atoms with Crippen LogP contribution in [-0.4, -0.2) is 12.1 Å². The van der Waals surface area contributed by atoms with Crippen LogP contribution in [0.15, 0.2) is 0 Å². The van der Waals surface area contributed by atoms with Gasteiger partial charge >= 0.3 is 0 Å². The van der Waals surface area contributed by atoms with Crippen LogP contribution >= 0.6 is 0 Å². The first-order valence-corrected chi connectivity index (χ1v) is 6.09. The van der Waals surface area contributed by atoms with Gasteiger partial charge in [0.1, 0.15) is 0 Å². The lowest BCUT2D eigenvalue weighted by molar-refractivity contribution is 0.478. The van der Waals surface area contributed by atoms with Gasteiger partial charge in [-0.1, -0.05) is 39.0 Å². The third-order valence-electron chi connectivity index (χ3n) is 2.84. The third-order valence-corrected chi connectivity index (χ3v) is 2.84. The molecule has 0 aliphatic heterocycles. The molecule has 0 bridgehead atoms. The second kappa shape index (κ2) is 6.42. The van der Waals surface area contributed by atoms with Gasteiger partial charge in [-0.15, -0.1) is 0 Å². The molecule has 1 heteroatoms. The highest BCUT2D eigenvalue weighted by Gasteiger charge is 2.22. The second-order valence-electron chi connectivity index (χ2n) is 4.54. The highest BCUT2D eigenvalue weighted by atomic mass is 15.0. The number of rotatable bonds is 8. The summed E-state index contributed by atoms with van der Waals surface area (Å²) in [7, 11) is 0. The summed E-state index contributed by atoms with van der Waals surface area (Å²) in [5.74, 6) is 0. The fourth-order valence-corrected chi connectivity index (χ4v) is 1.79. The van der Waals surface area contributed by atoms with E-state index >= 15 is 0 Å². The molecule has 0 heterocycles. The molecular formula is C12H25N. The average Bonchev–Trinajstić information content (AvgIpc) is 2.88. The van der Waals surface area contributed by atoms with Crippen molar-refractivity contribution in [3.63, 3.8) is 0 Å². The van der Waals surface area contributed by atoms with E-state index in [9.17, 15) is 0 Å². The Morgan fingerprint density at radius 2 is 1.85 bits per heavy atom. The fraction of sp³-hybridized carbons (Fsp3) is 1.00. The first kappa shape index (κ1) is 11.0. The quantitative estimate of drug-likeness (QED) is 0.568. The van der Waals surface area contributed by atoms with Crippen molar-refractivity contribution in [1.82, 2.24) is 5.32 Å². The van der Waals surface area contributed by atoms with E-state index in [2.05, 4.69) is 19.2 Å². The summed E-state index contributed by atoms with van der Waals surface area (Å²) < 4.78 is 0. The summed E-state index contributed by atoms with van der Waals surface area (Å²) in [6.07, 6.45) is 11.3. The number of hydrogen-bond acceptors (Lipinski definition) is 1. The maximum atomic E-state index is 3.64. The van der Waals surface area contributed by atoms with Gasteiger partial charge in [0.25, 0.3) is 0 Å². The minimum Gasteiger partial charge on any atom is -0.312 e. The Bertz CT molecular complexity index is 118. The van der Waals surface area contributed by atoms with Crippen molar-refractivity contribution in [3.8, 4) is 0 Å². The second-order valence-corrected chi connectivity index (χ2v) is 4.54. The molecule has 0 aromatic heterocycles. The SMILES string of the molecule is CCCCCCCC(C)NC1CC1. The van der Waals surface area contributed by atoms with Gasteiger partial charge in [0, 0.05) is 12.1 Å². The van der Waals surface area contributed by atoms with Gasteiger partial charge in [-0.25, -0.2) is 0 Å². The summed E-state index contributed by atoms with van der Waals surface area (Å²) in [6, 6.07) is 1.64. The maximum absolute atomic E-state index is 3.64. The first-order valence-electron chi connectivity index (χ1n) is 6.09. The highest BCUT2D eigenvalue weighted by Crippen LogP contribution is 2.20. The molecule has 0 aromatic rings.